The van der Waals surface area contributed by atoms with Crippen LogP contribution in [0.4, 0.5) is 0 Å². The van der Waals surface area contributed by atoms with E-state index in [9.17, 15) is 9.90 Å². The van der Waals surface area contributed by atoms with Gasteiger partial charge >= 0.3 is 5.97 Å². The summed E-state index contributed by atoms with van der Waals surface area (Å²) >= 11 is 0. The number of piperidine rings is 1. The van der Waals surface area contributed by atoms with Crippen LogP contribution in [-0.4, -0.2) is 74.6 Å². The Labute approximate surface area is 238 Å². The largest absolute Gasteiger partial charge is 0.480 e. The first-order chi connectivity index (χ1) is 19.6. The summed E-state index contributed by atoms with van der Waals surface area (Å²) in [4.78, 5) is 19.4. The molecule has 7 nitrogen and oxygen atoms in total. The molecule has 0 spiro atoms. The van der Waals surface area contributed by atoms with Crippen molar-refractivity contribution in [1.82, 2.24) is 24.8 Å². The van der Waals surface area contributed by atoms with Gasteiger partial charge in [-0.05, 0) is 48.6 Å². The second-order valence-electron chi connectivity index (χ2n) is 12.3. The molecule has 0 unspecified atom stereocenters. The third-order valence-electron chi connectivity index (χ3n) is 9.60. The Morgan fingerprint density at radius 3 is 2.30 bits per heavy atom. The molecule has 1 N–H and O–H groups in total. The van der Waals surface area contributed by atoms with Crippen LogP contribution in [0.3, 0.4) is 0 Å². The molecule has 3 atom stereocenters. The van der Waals surface area contributed by atoms with E-state index < -0.39 is 5.97 Å². The van der Waals surface area contributed by atoms with Gasteiger partial charge < -0.3 is 10.0 Å². The molecule has 0 bridgehead atoms. The zero-order valence-electron chi connectivity index (χ0n) is 23.5. The van der Waals surface area contributed by atoms with E-state index in [-0.39, 0.29) is 12.0 Å². The number of carbonyl (C=O) groups is 1. The molecule has 1 aromatic heterocycles. The zero-order valence-corrected chi connectivity index (χ0v) is 23.5. The highest BCUT2D eigenvalue weighted by Crippen LogP contribution is 2.38. The molecule has 1 saturated carbocycles. The molecular weight excluding hydrogens is 498 g/mol. The Hall–Kier alpha value is -3.03. The molecule has 3 aliphatic rings. The summed E-state index contributed by atoms with van der Waals surface area (Å²) in [6, 6.07) is 21.2. The van der Waals surface area contributed by atoms with Crippen molar-refractivity contribution in [2.45, 2.75) is 69.4 Å². The fourth-order valence-corrected chi connectivity index (χ4v) is 7.54. The summed E-state index contributed by atoms with van der Waals surface area (Å²) in [5.41, 5.74) is 3.64. The van der Waals surface area contributed by atoms with E-state index in [0.717, 1.165) is 70.5 Å². The van der Waals surface area contributed by atoms with Gasteiger partial charge in [-0.25, -0.2) is 0 Å². The first kappa shape index (κ1) is 27.2. The number of aliphatic carboxylic acids is 1. The molecular formula is C33H43N5O2. The van der Waals surface area contributed by atoms with Crippen LogP contribution in [0.2, 0.25) is 0 Å². The van der Waals surface area contributed by atoms with Crippen molar-refractivity contribution < 1.29 is 9.90 Å². The van der Waals surface area contributed by atoms with Crippen LogP contribution in [0.5, 0.6) is 0 Å². The van der Waals surface area contributed by atoms with E-state index in [1.165, 1.54) is 30.4 Å². The third kappa shape index (κ3) is 6.31. The highest BCUT2D eigenvalue weighted by atomic mass is 16.4. The second-order valence-corrected chi connectivity index (χ2v) is 12.3. The number of hydrogen-bond donors (Lipinski definition) is 1. The summed E-state index contributed by atoms with van der Waals surface area (Å²) in [6.45, 7) is 4.80. The smallest absolute Gasteiger partial charge is 0.321 e. The van der Waals surface area contributed by atoms with Crippen molar-refractivity contribution >= 4 is 5.97 Å². The maximum atomic E-state index is 12.5. The molecule has 1 aliphatic carbocycles. The van der Waals surface area contributed by atoms with Gasteiger partial charge in [-0.1, -0.05) is 79.9 Å². The lowest BCUT2D eigenvalue weighted by Gasteiger charge is -2.35. The first-order valence-electron chi connectivity index (χ1n) is 15.3. The Kier molecular flexibility index (Phi) is 8.59. The topological polar surface area (TPSA) is 74.5 Å². The molecule has 0 radical (unpaired) electrons. The number of nitrogens with zero attached hydrogens (tertiary/aromatic N) is 5. The first-order valence-corrected chi connectivity index (χ1v) is 15.3. The van der Waals surface area contributed by atoms with Crippen molar-refractivity contribution in [3.05, 3.63) is 83.7 Å². The summed E-state index contributed by atoms with van der Waals surface area (Å²) in [6.07, 6.45) is 10.5. The van der Waals surface area contributed by atoms with Crippen LogP contribution in [0.1, 0.15) is 73.7 Å². The highest BCUT2D eigenvalue weighted by molar-refractivity contribution is 5.74. The minimum absolute atomic E-state index is 0.283. The number of rotatable bonds is 9. The standard InChI is InChI=1S/C33H43N5O2/c39-33(40)32(27-14-8-3-9-15-27)37-23-28(31(24-37)26-12-6-2-7-13-26)22-36-18-16-30(17-19-36)38-34-21-29(35-38)20-25-10-4-1-5-11-25/h1-2,4-7,10-13,21,27-28,30-32H,3,8-9,14-20,22-24H2,(H,39,40)/t28-,31+,32+/m0/s1. The predicted molar refractivity (Wildman–Crippen MR) is 156 cm³/mol. The van der Waals surface area contributed by atoms with Crippen molar-refractivity contribution in [2.75, 3.05) is 32.7 Å². The number of hydrogen-bond acceptors (Lipinski definition) is 5. The van der Waals surface area contributed by atoms with Crippen molar-refractivity contribution in [3.63, 3.8) is 0 Å². The van der Waals surface area contributed by atoms with Gasteiger partial charge in [-0.3, -0.25) is 9.69 Å². The van der Waals surface area contributed by atoms with Crippen LogP contribution in [0.25, 0.3) is 0 Å². The van der Waals surface area contributed by atoms with Gasteiger partial charge in [0.2, 0.25) is 0 Å². The Morgan fingerprint density at radius 2 is 1.60 bits per heavy atom. The molecule has 0 amide bonds. The molecule has 2 aliphatic heterocycles. The quantitative estimate of drug-likeness (QED) is 0.399. The Balaban J connectivity index is 1.09. The molecule has 6 rings (SSSR count). The average Bonchev–Trinajstić information content (AvgIpc) is 3.62. The fourth-order valence-electron chi connectivity index (χ4n) is 7.54. The van der Waals surface area contributed by atoms with Crippen LogP contribution in [0, 0.1) is 11.8 Å². The SMILES string of the molecule is O=C(O)[C@@H](C1CCCCC1)N1C[C@H](CN2CCC(n3ncc(Cc4ccccc4)n3)CC2)[C@@H](c2ccccc2)C1. The predicted octanol–water partition coefficient (Wildman–Crippen LogP) is 5.25. The number of likely N-dealkylation sites (tertiary alicyclic amines) is 2. The normalized spacial score (nSPS) is 24.3. The molecule has 3 heterocycles. The highest BCUT2D eigenvalue weighted by Gasteiger charge is 2.43. The van der Waals surface area contributed by atoms with Crippen LogP contribution in [-0.2, 0) is 11.2 Å². The molecule has 3 aromatic rings. The van der Waals surface area contributed by atoms with Gasteiger partial charge in [-0.2, -0.15) is 15.0 Å². The van der Waals surface area contributed by atoms with Crippen LogP contribution < -0.4 is 0 Å². The van der Waals surface area contributed by atoms with Gasteiger partial charge in [0.25, 0.3) is 0 Å². The van der Waals surface area contributed by atoms with E-state index in [2.05, 4.69) is 69.5 Å². The van der Waals surface area contributed by atoms with E-state index in [1.54, 1.807) is 0 Å². The lowest BCUT2D eigenvalue weighted by Crippen LogP contribution is -2.46. The summed E-state index contributed by atoms with van der Waals surface area (Å²) in [7, 11) is 0. The van der Waals surface area contributed by atoms with Crippen molar-refractivity contribution in [1.29, 1.82) is 0 Å². The monoisotopic (exact) mass is 541 g/mol. The van der Waals surface area contributed by atoms with E-state index in [1.807, 2.05) is 17.1 Å². The number of aromatic nitrogens is 3. The lowest BCUT2D eigenvalue weighted by molar-refractivity contribution is -0.145. The Morgan fingerprint density at radius 1 is 0.900 bits per heavy atom. The van der Waals surface area contributed by atoms with Gasteiger partial charge in [0, 0.05) is 45.1 Å². The molecule has 7 heteroatoms. The lowest BCUT2D eigenvalue weighted by atomic mass is 9.83. The average molecular weight is 542 g/mol. The number of carboxylic acids is 1. The summed E-state index contributed by atoms with van der Waals surface area (Å²) < 4.78 is 0. The van der Waals surface area contributed by atoms with Gasteiger partial charge in [0.05, 0.1) is 17.9 Å². The number of benzene rings is 2. The van der Waals surface area contributed by atoms with Gasteiger partial charge in [0.15, 0.2) is 0 Å². The fraction of sp³-hybridized carbons (Fsp3) is 0.545. The van der Waals surface area contributed by atoms with Crippen LogP contribution in [0.15, 0.2) is 66.9 Å². The molecule has 212 valence electrons. The summed E-state index contributed by atoms with van der Waals surface area (Å²) in [5, 5.41) is 19.8. The maximum absolute atomic E-state index is 12.5. The van der Waals surface area contributed by atoms with Crippen molar-refractivity contribution in [2.24, 2.45) is 11.8 Å². The van der Waals surface area contributed by atoms with Gasteiger partial charge in [0.1, 0.15) is 6.04 Å². The second kappa shape index (κ2) is 12.6. The molecule has 40 heavy (non-hydrogen) atoms. The number of carboxylic acid groups (broad SMARTS) is 1. The van der Waals surface area contributed by atoms with E-state index in [0.29, 0.717) is 17.9 Å². The third-order valence-corrected chi connectivity index (χ3v) is 9.60. The van der Waals surface area contributed by atoms with Crippen LogP contribution >= 0.6 is 0 Å². The van der Waals surface area contributed by atoms with E-state index >= 15 is 0 Å². The molecule has 3 fully saturated rings. The molecule has 2 aromatic carbocycles. The Bertz CT molecular complexity index is 1220. The van der Waals surface area contributed by atoms with Gasteiger partial charge in [-0.15, -0.1) is 0 Å². The zero-order chi connectivity index (χ0) is 27.3. The summed E-state index contributed by atoms with van der Waals surface area (Å²) in [5.74, 6) is 0.464. The van der Waals surface area contributed by atoms with Crippen molar-refractivity contribution in [3.8, 4) is 0 Å². The molecule has 2 saturated heterocycles. The minimum Gasteiger partial charge on any atom is -0.480 e. The van der Waals surface area contributed by atoms with E-state index in [4.69, 9.17) is 5.10 Å². The minimum atomic E-state index is -0.626. The maximum Gasteiger partial charge on any atom is 0.321 e.